The Morgan fingerprint density at radius 3 is 2.10 bits per heavy atom. The topological polar surface area (TPSA) is 46.7 Å². The Morgan fingerprint density at radius 2 is 1.55 bits per heavy atom. The van der Waals surface area contributed by atoms with Crippen molar-refractivity contribution in [2.45, 2.75) is 29.3 Å². The first kappa shape index (κ1) is 13.3. The SMILES string of the molecule is CCC1(S(=O)(=O)c2ccccc2)OC1c1ccccc1. The lowest BCUT2D eigenvalue weighted by molar-refractivity contribution is 0.340. The van der Waals surface area contributed by atoms with Crippen LogP contribution in [0.4, 0.5) is 0 Å². The van der Waals surface area contributed by atoms with Gasteiger partial charge in [0.15, 0.2) is 0 Å². The Bertz CT molecular complexity index is 695. The average molecular weight is 288 g/mol. The van der Waals surface area contributed by atoms with E-state index in [-0.39, 0.29) is 6.10 Å². The van der Waals surface area contributed by atoms with Gasteiger partial charge in [0.05, 0.1) is 4.90 Å². The molecule has 4 heteroatoms. The Kier molecular flexibility index (Phi) is 3.15. The predicted octanol–water partition coefficient (Wildman–Crippen LogP) is 3.34. The first-order chi connectivity index (χ1) is 9.62. The molecule has 2 atom stereocenters. The van der Waals surface area contributed by atoms with Crippen molar-refractivity contribution in [3.63, 3.8) is 0 Å². The van der Waals surface area contributed by atoms with Gasteiger partial charge < -0.3 is 4.74 Å². The second kappa shape index (κ2) is 4.72. The molecule has 0 N–H and O–H groups in total. The van der Waals surface area contributed by atoms with Crippen LogP contribution in [0.15, 0.2) is 65.6 Å². The van der Waals surface area contributed by atoms with Gasteiger partial charge in [-0.25, -0.2) is 8.42 Å². The van der Waals surface area contributed by atoms with Crippen LogP contribution in [0.25, 0.3) is 0 Å². The van der Waals surface area contributed by atoms with Crippen LogP contribution in [0.5, 0.6) is 0 Å². The largest absolute Gasteiger partial charge is 0.343 e. The number of hydrogen-bond acceptors (Lipinski definition) is 3. The Labute approximate surface area is 119 Å². The molecule has 1 fully saturated rings. The van der Waals surface area contributed by atoms with Crippen molar-refractivity contribution in [2.75, 3.05) is 0 Å². The summed E-state index contributed by atoms with van der Waals surface area (Å²) < 4.78 is 31.3. The molecular formula is C16H16O3S. The van der Waals surface area contributed by atoms with E-state index in [1.54, 1.807) is 30.3 Å². The van der Waals surface area contributed by atoms with Crippen molar-refractivity contribution < 1.29 is 13.2 Å². The molecule has 104 valence electrons. The summed E-state index contributed by atoms with van der Waals surface area (Å²) in [6.45, 7) is 1.85. The number of sulfone groups is 1. The molecule has 1 heterocycles. The molecule has 2 aromatic carbocycles. The van der Waals surface area contributed by atoms with Crippen LogP contribution in [-0.4, -0.2) is 13.4 Å². The van der Waals surface area contributed by atoms with E-state index < -0.39 is 14.8 Å². The number of ether oxygens (including phenoxy) is 1. The van der Waals surface area contributed by atoms with Crippen molar-refractivity contribution in [1.29, 1.82) is 0 Å². The second-order valence-corrected chi connectivity index (χ2v) is 7.06. The summed E-state index contributed by atoms with van der Waals surface area (Å²) in [6, 6.07) is 18.0. The predicted molar refractivity (Wildman–Crippen MR) is 76.9 cm³/mol. The number of rotatable bonds is 4. The first-order valence-corrected chi connectivity index (χ1v) is 8.12. The summed E-state index contributed by atoms with van der Waals surface area (Å²) in [5.74, 6) is 0. The van der Waals surface area contributed by atoms with Gasteiger partial charge in [0, 0.05) is 0 Å². The fourth-order valence-electron chi connectivity index (χ4n) is 2.58. The summed E-state index contributed by atoms with van der Waals surface area (Å²) in [5.41, 5.74) is 0.911. The third-order valence-electron chi connectivity index (χ3n) is 3.76. The van der Waals surface area contributed by atoms with Crippen LogP contribution < -0.4 is 0 Å². The third-order valence-corrected chi connectivity index (χ3v) is 6.16. The summed E-state index contributed by atoms with van der Waals surface area (Å²) in [7, 11) is -3.50. The van der Waals surface area contributed by atoms with Crippen LogP contribution in [0.1, 0.15) is 25.0 Å². The molecule has 3 rings (SSSR count). The van der Waals surface area contributed by atoms with Crippen LogP contribution in [0, 0.1) is 0 Å². The summed E-state index contributed by atoms with van der Waals surface area (Å²) in [6.07, 6.45) is 0.0583. The quantitative estimate of drug-likeness (QED) is 0.811. The van der Waals surface area contributed by atoms with Crippen molar-refractivity contribution >= 4 is 9.84 Å². The highest BCUT2D eigenvalue weighted by Crippen LogP contribution is 2.57. The van der Waals surface area contributed by atoms with E-state index in [0.717, 1.165) is 5.56 Å². The van der Waals surface area contributed by atoms with Crippen LogP contribution in [-0.2, 0) is 14.6 Å². The highest BCUT2D eigenvalue weighted by Gasteiger charge is 2.65. The molecule has 3 nitrogen and oxygen atoms in total. The van der Waals surface area contributed by atoms with Crippen LogP contribution in [0.3, 0.4) is 0 Å². The fraction of sp³-hybridized carbons (Fsp3) is 0.250. The van der Waals surface area contributed by atoms with E-state index in [1.807, 2.05) is 37.3 Å². The van der Waals surface area contributed by atoms with Gasteiger partial charge in [0.1, 0.15) is 6.10 Å². The molecule has 0 aromatic heterocycles. The average Bonchev–Trinajstić information content (AvgIpc) is 3.26. The smallest absolute Gasteiger partial charge is 0.211 e. The van der Waals surface area contributed by atoms with Gasteiger partial charge >= 0.3 is 0 Å². The zero-order valence-corrected chi connectivity index (χ0v) is 12.0. The van der Waals surface area contributed by atoms with Gasteiger partial charge in [-0.2, -0.15) is 0 Å². The van der Waals surface area contributed by atoms with E-state index in [9.17, 15) is 8.42 Å². The van der Waals surface area contributed by atoms with Gasteiger partial charge in [-0.05, 0) is 24.1 Å². The summed E-state index contributed by atoms with van der Waals surface area (Å²) in [4.78, 5) is -0.796. The highest BCUT2D eigenvalue weighted by molar-refractivity contribution is 7.93. The summed E-state index contributed by atoms with van der Waals surface area (Å²) >= 11 is 0. The minimum absolute atomic E-state index is 0.320. The molecule has 0 amide bonds. The zero-order valence-electron chi connectivity index (χ0n) is 11.2. The van der Waals surface area contributed by atoms with E-state index in [1.165, 1.54) is 0 Å². The monoisotopic (exact) mass is 288 g/mol. The molecule has 0 saturated carbocycles. The number of benzene rings is 2. The first-order valence-electron chi connectivity index (χ1n) is 6.64. The van der Waals surface area contributed by atoms with Crippen LogP contribution in [0.2, 0.25) is 0 Å². The van der Waals surface area contributed by atoms with Gasteiger partial charge in [0.25, 0.3) is 0 Å². The molecule has 0 radical (unpaired) electrons. The van der Waals surface area contributed by atoms with Gasteiger partial charge in [-0.15, -0.1) is 0 Å². The highest BCUT2D eigenvalue weighted by atomic mass is 32.2. The molecule has 0 aliphatic carbocycles. The second-order valence-electron chi connectivity index (χ2n) is 4.89. The molecule has 0 bridgehead atoms. The molecule has 1 aliphatic rings. The van der Waals surface area contributed by atoms with Crippen molar-refractivity contribution in [3.05, 3.63) is 66.2 Å². The molecule has 2 unspecified atom stereocenters. The standard InChI is InChI=1S/C16H16O3S/c1-2-16(15(19-16)13-9-5-3-6-10-13)20(17,18)14-11-7-4-8-12-14/h3-12,15H,2H2,1H3. The van der Waals surface area contributed by atoms with Gasteiger partial charge in [-0.1, -0.05) is 55.5 Å². The Balaban J connectivity index is 2.01. The lowest BCUT2D eigenvalue weighted by Crippen LogP contribution is -2.25. The van der Waals surface area contributed by atoms with Crippen LogP contribution >= 0.6 is 0 Å². The van der Waals surface area contributed by atoms with Gasteiger partial charge in [0.2, 0.25) is 14.8 Å². The third kappa shape index (κ3) is 1.87. The maximum Gasteiger partial charge on any atom is 0.211 e. The number of hydrogen-bond donors (Lipinski definition) is 0. The molecule has 2 aromatic rings. The lowest BCUT2D eigenvalue weighted by atomic mass is 10.1. The minimum atomic E-state index is -3.50. The molecule has 1 aliphatic heterocycles. The van der Waals surface area contributed by atoms with E-state index in [2.05, 4.69) is 0 Å². The van der Waals surface area contributed by atoms with E-state index in [0.29, 0.717) is 11.3 Å². The fourth-order valence-corrected chi connectivity index (χ4v) is 4.51. The molecule has 20 heavy (non-hydrogen) atoms. The normalized spacial score (nSPS) is 25.4. The van der Waals surface area contributed by atoms with E-state index >= 15 is 0 Å². The van der Waals surface area contributed by atoms with Crippen molar-refractivity contribution in [2.24, 2.45) is 0 Å². The van der Waals surface area contributed by atoms with Crippen molar-refractivity contribution in [3.8, 4) is 0 Å². The lowest BCUT2D eigenvalue weighted by Gasteiger charge is -2.12. The Hall–Kier alpha value is -1.65. The minimum Gasteiger partial charge on any atom is -0.343 e. The number of epoxide rings is 1. The molecule has 0 spiro atoms. The maximum atomic E-state index is 12.8. The van der Waals surface area contributed by atoms with E-state index in [4.69, 9.17) is 4.74 Å². The van der Waals surface area contributed by atoms with Gasteiger partial charge in [-0.3, -0.25) is 0 Å². The van der Waals surface area contributed by atoms with Crippen molar-refractivity contribution in [1.82, 2.24) is 0 Å². The zero-order chi connectivity index (χ0) is 14.2. The molecular weight excluding hydrogens is 272 g/mol. The maximum absolute atomic E-state index is 12.8. The Morgan fingerprint density at radius 1 is 1.00 bits per heavy atom. The molecule has 1 saturated heterocycles. The summed E-state index contributed by atoms with van der Waals surface area (Å²) in [5, 5.41) is 0.